The predicted octanol–water partition coefficient (Wildman–Crippen LogP) is 1.20. The third-order valence-electron chi connectivity index (χ3n) is 1.63. The molecule has 0 saturated heterocycles. The summed E-state index contributed by atoms with van der Waals surface area (Å²) in [5.74, 6) is 0.441. The van der Waals surface area contributed by atoms with Gasteiger partial charge in [-0.15, -0.1) is 0 Å². The maximum absolute atomic E-state index is 5.68. The van der Waals surface area contributed by atoms with Crippen molar-refractivity contribution in [3.05, 3.63) is 17.8 Å². The second kappa shape index (κ2) is 3.23. The van der Waals surface area contributed by atoms with Gasteiger partial charge in [-0.3, -0.25) is 0 Å². The molecule has 0 aliphatic heterocycles. The molecular formula is C8H13N3. The van der Waals surface area contributed by atoms with E-state index >= 15 is 0 Å². The zero-order valence-electron chi connectivity index (χ0n) is 6.67. The normalized spacial score (nSPS) is 9.91. The number of aryl methyl sites for hydroxylation is 1. The summed E-state index contributed by atoms with van der Waals surface area (Å²) < 4.78 is 0. The van der Waals surface area contributed by atoms with Crippen LogP contribution in [0.3, 0.4) is 0 Å². The summed E-state index contributed by atoms with van der Waals surface area (Å²) in [6, 6.07) is 1.91. The molecule has 1 aromatic heterocycles. The Morgan fingerprint density at radius 3 is 2.82 bits per heavy atom. The molecule has 0 aliphatic rings. The van der Waals surface area contributed by atoms with Gasteiger partial charge in [-0.25, -0.2) is 4.98 Å². The number of hydrogen-bond donors (Lipinski definition) is 2. The Hall–Kier alpha value is -1.25. The number of aromatic nitrogens is 1. The molecule has 0 spiro atoms. The van der Waals surface area contributed by atoms with Crippen molar-refractivity contribution in [2.45, 2.75) is 19.8 Å². The number of nitrogens with two attached hydrogens (primary N) is 2. The number of nitrogen functional groups attached to an aromatic ring is 2. The lowest BCUT2D eigenvalue weighted by atomic mass is 10.1. The van der Waals surface area contributed by atoms with E-state index in [2.05, 4.69) is 11.9 Å². The van der Waals surface area contributed by atoms with Gasteiger partial charge < -0.3 is 11.5 Å². The van der Waals surface area contributed by atoms with Crippen molar-refractivity contribution in [1.82, 2.24) is 4.98 Å². The Morgan fingerprint density at radius 1 is 1.45 bits per heavy atom. The molecule has 0 aliphatic carbocycles. The van der Waals surface area contributed by atoms with Crippen LogP contribution in [0.5, 0.6) is 0 Å². The summed E-state index contributed by atoms with van der Waals surface area (Å²) in [5.41, 5.74) is 12.9. The number of anilines is 2. The van der Waals surface area contributed by atoms with Crippen LogP contribution in [-0.4, -0.2) is 4.98 Å². The molecule has 60 valence electrons. The molecule has 0 unspecified atom stereocenters. The van der Waals surface area contributed by atoms with E-state index < -0.39 is 0 Å². The minimum atomic E-state index is 0.441. The third kappa shape index (κ3) is 1.61. The SMILES string of the molecule is CCCc1ccnc(N)c1N. The highest BCUT2D eigenvalue weighted by Gasteiger charge is 2.00. The van der Waals surface area contributed by atoms with Crippen molar-refractivity contribution >= 4 is 11.5 Å². The van der Waals surface area contributed by atoms with Crippen LogP contribution in [0.2, 0.25) is 0 Å². The van der Waals surface area contributed by atoms with Crippen molar-refractivity contribution < 1.29 is 0 Å². The zero-order valence-corrected chi connectivity index (χ0v) is 6.67. The Bertz CT molecular complexity index is 245. The average Bonchev–Trinajstić information content (AvgIpc) is 1.99. The first kappa shape index (κ1) is 7.85. The summed E-state index contributed by atoms with van der Waals surface area (Å²) in [6.45, 7) is 2.11. The minimum Gasteiger partial charge on any atom is -0.396 e. The van der Waals surface area contributed by atoms with Crippen LogP contribution in [0.15, 0.2) is 12.3 Å². The van der Waals surface area contributed by atoms with Crippen LogP contribution >= 0.6 is 0 Å². The number of pyridine rings is 1. The Morgan fingerprint density at radius 2 is 2.18 bits per heavy atom. The van der Waals surface area contributed by atoms with Crippen molar-refractivity contribution in [1.29, 1.82) is 0 Å². The fourth-order valence-electron chi connectivity index (χ4n) is 1.02. The molecule has 0 bridgehead atoms. The van der Waals surface area contributed by atoms with Gasteiger partial charge in [-0.05, 0) is 18.1 Å². The first-order valence-electron chi connectivity index (χ1n) is 3.74. The maximum atomic E-state index is 5.68. The van der Waals surface area contributed by atoms with Gasteiger partial charge in [0.05, 0.1) is 5.69 Å². The van der Waals surface area contributed by atoms with E-state index in [1.165, 1.54) is 0 Å². The quantitative estimate of drug-likeness (QED) is 0.667. The summed E-state index contributed by atoms with van der Waals surface area (Å²) in [7, 11) is 0. The van der Waals surface area contributed by atoms with Gasteiger partial charge in [0.2, 0.25) is 0 Å². The Labute approximate surface area is 66.4 Å². The van der Waals surface area contributed by atoms with Crippen LogP contribution in [0.25, 0.3) is 0 Å². The summed E-state index contributed by atoms with van der Waals surface area (Å²) >= 11 is 0. The molecule has 3 heteroatoms. The van der Waals surface area contributed by atoms with Crippen LogP contribution in [0.4, 0.5) is 11.5 Å². The second-order valence-electron chi connectivity index (χ2n) is 2.52. The molecule has 0 amide bonds. The molecule has 3 nitrogen and oxygen atoms in total. The third-order valence-corrected chi connectivity index (χ3v) is 1.63. The van der Waals surface area contributed by atoms with Crippen molar-refractivity contribution in [3.63, 3.8) is 0 Å². The summed E-state index contributed by atoms with van der Waals surface area (Å²) in [6.07, 6.45) is 3.74. The van der Waals surface area contributed by atoms with Gasteiger partial charge in [0.1, 0.15) is 5.82 Å². The first-order chi connectivity index (χ1) is 5.25. The fourth-order valence-corrected chi connectivity index (χ4v) is 1.02. The lowest BCUT2D eigenvalue weighted by Gasteiger charge is -2.04. The highest BCUT2D eigenvalue weighted by molar-refractivity contribution is 5.62. The van der Waals surface area contributed by atoms with Gasteiger partial charge in [0, 0.05) is 6.20 Å². The summed E-state index contributed by atoms with van der Waals surface area (Å²) in [4.78, 5) is 3.87. The molecular weight excluding hydrogens is 138 g/mol. The molecule has 1 aromatic rings. The van der Waals surface area contributed by atoms with E-state index in [0.29, 0.717) is 11.5 Å². The van der Waals surface area contributed by atoms with Crippen LogP contribution in [-0.2, 0) is 6.42 Å². The van der Waals surface area contributed by atoms with E-state index in [4.69, 9.17) is 11.5 Å². The monoisotopic (exact) mass is 151 g/mol. The van der Waals surface area contributed by atoms with E-state index in [-0.39, 0.29) is 0 Å². The molecule has 4 N–H and O–H groups in total. The van der Waals surface area contributed by atoms with Gasteiger partial charge in [0.25, 0.3) is 0 Å². The van der Waals surface area contributed by atoms with Crippen LogP contribution in [0, 0.1) is 0 Å². The molecule has 0 saturated carbocycles. The first-order valence-corrected chi connectivity index (χ1v) is 3.74. The average molecular weight is 151 g/mol. The lowest BCUT2D eigenvalue weighted by molar-refractivity contribution is 0.922. The molecule has 0 atom stereocenters. The maximum Gasteiger partial charge on any atom is 0.146 e. The largest absolute Gasteiger partial charge is 0.396 e. The molecule has 1 heterocycles. The minimum absolute atomic E-state index is 0.441. The molecule has 1 rings (SSSR count). The topological polar surface area (TPSA) is 64.9 Å². The van der Waals surface area contributed by atoms with Crippen molar-refractivity contribution in [3.8, 4) is 0 Å². The van der Waals surface area contributed by atoms with Crippen LogP contribution < -0.4 is 11.5 Å². The number of hydrogen-bond acceptors (Lipinski definition) is 3. The lowest BCUT2D eigenvalue weighted by Crippen LogP contribution is -2.01. The molecule has 11 heavy (non-hydrogen) atoms. The number of nitrogens with zero attached hydrogens (tertiary/aromatic N) is 1. The highest BCUT2D eigenvalue weighted by atomic mass is 14.9. The van der Waals surface area contributed by atoms with Gasteiger partial charge in [-0.2, -0.15) is 0 Å². The standard InChI is InChI=1S/C8H13N3/c1-2-3-6-4-5-11-8(10)7(6)9/h4-5H,2-3,9H2,1H3,(H2,10,11). The van der Waals surface area contributed by atoms with Gasteiger partial charge in [-0.1, -0.05) is 13.3 Å². The highest BCUT2D eigenvalue weighted by Crippen LogP contribution is 2.17. The molecule has 0 fully saturated rings. The second-order valence-corrected chi connectivity index (χ2v) is 2.52. The molecule has 0 radical (unpaired) electrons. The molecule has 0 aromatic carbocycles. The Balaban J connectivity index is 2.96. The van der Waals surface area contributed by atoms with Gasteiger partial charge in [0.15, 0.2) is 0 Å². The van der Waals surface area contributed by atoms with E-state index in [1.807, 2.05) is 6.07 Å². The summed E-state index contributed by atoms with van der Waals surface area (Å²) in [5, 5.41) is 0. The Kier molecular flexibility index (Phi) is 2.31. The van der Waals surface area contributed by atoms with E-state index in [9.17, 15) is 0 Å². The van der Waals surface area contributed by atoms with E-state index in [0.717, 1.165) is 18.4 Å². The zero-order chi connectivity index (χ0) is 8.27. The fraction of sp³-hybridized carbons (Fsp3) is 0.375. The smallest absolute Gasteiger partial charge is 0.146 e. The number of rotatable bonds is 2. The van der Waals surface area contributed by atoms with Crippen molar-refractivity contribution in [2.75, 3.05) is 11.5 Å². The predicted molar refractivity (Wildman–Crippen MR) is 47.1 cm³/mol. The van der Waals surface area contributed by atoms with Gasteiger partial charge >= 0.3 is 0 Å². The van der Waals surface area contributed by atoms with E-state index in [1.54, 1.807) is 6.20 Å². The van der Waals surface area contributed by atoms with Crippen molar-refractivity contribution in [2.24, 2.45) is 0 Å². The van der Waals surface area contributed by atoms with Crippen LogP contribution in [0.1, 0.15) is 18.9 Å².